The average molecular weight is 306 g/mol. The van der Waals surface area contributed by atoms with Gasteiger partial charge in [0.25, 0.3) is 0 Å². The third-order valence-corrected chi connectivity index (χ3v) is 2.88. The molecule has 2 aromatic rings. The molecule has 0 unspecified atom stereocenters. The highest BCUT2D eigenvalue weighted by Gasteiger charge is 2.31. The molecule has 17 heavy (non-hydrogen) atoms. The van der Waals surface area contributed by atoms with E-state index in [0.29, 0.717) is 21.6 Å². The fourth-order valence-corrected chi connectivity index (χ4v) is 1.83. The summed E-state index contributed by atoms with van der Waals surface area (Å²) < 4.78 is 43.2. The zero-order chi connectivity index (χ0) is 12.6. The van der Waals surface area contributed by atoms with Crippen molar-refractivity contribution in [3.05, 3.63) is 40.4 Å². The van der Waals surface area contributed by atoms with Gasteiger partial charge in [0.1, 0.15) is 12.0 Å². The first-order chi connectivity index (χ1) is 7.88. The predicted octanol–water partition coefficient (Wildman–Crippen LogP) is 4.43. The van der Waals surface area contributed by atoms with Gasteiger partial charge in [-0.15, -0.1) is 0 Å². The Morgan fingerprint density at radius 3 is 2.53 bits per heavy atom. The number of rotatable bonds is 1. The molecule has 0 aliphatic heterocycles. The number of benzene rings is 1. The van der Waals surface area contributed by atoms with Gasteiger partial charge >= 0.3 is 6.18 Å². The molecule has 1 aromatic heterocycles. The van der Waals surface area contributed by atoms with E-state index in [-0.39, 0.29) is 0 Å². The molecule has 6 heteroatoms. The van der Waals surface area contributed by atoms with Gasteiger partial charge in [0.2, 0.25) is 0 Å². The van der Waals surface area contributed by atoms with Crippen LogP contribution in [0.25, 0.3) is 11.3 Å². The Hall–Kier alpha value is -1.30. The van der Waals surface area contributed by atoms with Crippen molar-refractivity contribution in [3.63, 3.8) is 0 Å². The summed E-state index contributed by atoms with van der Waals surface area (Å²) in [5.74, 6) is 0.407. The highest BCUT2D eigenvalue weighted by atomic mass is 79.9. The minimum absolute atomic E-state index is 0.358. The molecule has 0 N–H and O–H groups in total. The Labute approximate surface area is 104 Å². The molecule has 1 aromatic carbocycles. The van der Waals surface area contributed by atoms with Crippen molar-refractivity contribution < 1.29 is 17.6 Å². The number of halogens is 4. The molecule has 1 heterocycles. The van der Waals surface area contributed by atoms with Crippen molar-refractivity contribution in [3.8, 4) is 11.3 Å². The molecule has 0 fully saturated rings. The van der Waals surface area contributed by atoms with Crippen molar-refractivity contribution in [2.75, 3.05) is 0 Å². The zero-order valence-electron chi connectivity index (χ0n) is 8.68. The van der Waals surface area contributed by atoms with E-state index in [0.717, 1.165) is 12.1 Å². The molecule has 90 valence electrons. The van der Waals surface area contributed by atoms with Crippen molar-refractivity contribution >= 4 is 15.9 Å². The Kier molecular flexibility index (Phi) is 2.99. The molecule has 2 nitrogen and oxygen atoms in total. The summed E-state index contributed by atoms with van der Waals surface area (Å²) in [6, 6.07) is 3.41. The normalized spacial score (nSPS) is 11.8. The molecule has 0 saturated heterocycles. The molecule has 0 bridgehead atoms. The lowest BCUT2D eigenvalue weighted by Gasteiger charge is -2.08. The van der Waals surface area contributed by atoms with Gasteiger partial charge in [0, 0.05) is 17.0 Å². The first kappa shape index (κ1) is 12.2. The van der Waals surface area contributed by atoms with Crippen LogP contribution in [0.2, 0.25) is 0 Å². The van der Waals surface area contributed by atoms with E-state index in [1.54, 1.807) is 6.92 Å². The standard InChI is InChI=1S/C11H7BrF3NO/c1-6-16-10(5-17-6)8-4-7(11(13,14)15)2-3-9(8)12/h2-5H,1H3. The van der Waals surface area contributed by atoms with Crippen LogP contribution in [-0.4, -0.2) is 4.98 Å². The van der Waals surface area contributed by atoms with Gasteiger partial charge in [-0.3, -0.25) is 0 Å². The minimum Gasteiger partial charge on any atom is -0.449 e. The van der Waals surface area contributed by atoms with Crippen LogP contribution in [0.15, 0.2) is 33.4 Å². The monoisotopic (exact) mass is 305 g/mol. The molecular weight excluding hydrogens is 299 g/mol. The molecule has 2 rings (SSSR count). The molecular formula is C11H7BrF3NO. The number of aryl methyl sites for hydroxylation is 1. The molecule has 0 radical (unpaired) electrons. The SMILES string of the molecule is Cc1nc(-c2cc(C(F)(F)F)ccc2Br)co1. The first-order valence-electron chi connectivity index (χ1n) is 4.67. The van der Waals surface area contributed by atoms with Crippen LogP contribution in [0, 0.1) is 6.92 Å². The van der Waals surface area contributed by atoms with E-state index in [1.807, 2.05) is 0 Å². The maximum Gasteiger partial charge on any atom is 0.416 e. The summed E-state index contributed by atoms with van der Waals surface area (Å²) >= 11 is 3.19. The van der Waals surface area contributed by atoms with Crippen molar-refractivity contribution in [2.24, 2.45) is 0 Å². The summed E-state index contributed by atoms with van der Waals surface area (Å²) in [4.78, 5) is 4.00. The van der Waals surface area contributed by atoms with Crippen LogP contribution < -0.4 is 0 Å². The van der Waals surface area contributed by atoms with E-state index in [2.05, 4.69) is 20.9 Å². The molecule has 0 aliphatic carbocycles. The second-order valence-electron chi connectivity index (χ2n) is 3.44. The van der Waals surface area contributed by atoms with Gasteiger partial charge in [-0.05, 0) is 18.2 Å². The molecule has 0 atom stereocenters. The maximum atomic E-state index is 12.6. The summed E-state index contributed by atoms with van der Waals surface area (Å²) in [5.41, 5.74) is 0.0218. The summed E-state index contributed by atoms with van der Waals surface area (Å²) in [6.07, 6.45) is -3.04. The smallest absolute Gasteiger partial charge is 0.416 e. The molecule has 0 amide bonds. The molecule has 0 aliphatic rings. The number of hydrogen-bond donors (Lipinski definition) is 0. The second kappa shape index (κ2) is 4.18. The topological polar surface area (TPSA) is 26.0 Å². The summed E-state index contributed by atoms with van der Waals surface area (Å²) in [5, 5.41) is 0. The summed E-state index contributed by atoms with van der Waals surface area (Å²) in [7, 11) is 0. The van der Waals surface area contributed by atoms with E-state index in [1.165, 1.54) is 12.3 Å². The van der Waals surface area contributed by atoms with Crippen molar-refractivity contribution in [1.82, 2.24) is 4.98 Å². The highest BCUT2D eigenvalue weighted by molar-refractivity contribution is 9.10. The van der Waals surface area contributed by atoms with E-state index < -0.39 is 11.7 Å². The third-order valence-electron chi connectivity index (χ3n) is 2.19. The molecule has 0 spiro atoms. The maximum absolute atomic E-state index is 12.6. The van der Waals surface area contributed by atoms with Crippen LogP contribution in [0.4, 0.5) is 13.2 Å². The van der Waals surface area contributed by atoms with E-state index in [9.17, 15) is 13.2 Å². The number of aromatic nitrogens is 1. The fourth-order valence-electron chi connectivity index (χ4n) is 1.39. The van der Waals surface area contributed by atoms with Crippen molar-refractivity contribution in [2.45, 2.75) is 13.1 Å². The lowest BCUT2D eigenvalue weighted by atomic mass is 10.1. The number of oxazole rings is 1. The number of alkyl halides is 3. The number of nitrogens with zero attached hydrogens (tertiary/aromatic N) is 1. The average Bonchev–Trinajstić information content (AvgIpc) is 2.63. The van der Waals surface area contributed by atoms with Crippen LogP contribution in [0.5, 0.6) is 0 Å². The lowest BCUT2D eigenvalue weighted by molar-refractivity contribution is -0.137. The Morgan fingerprint density at radius 2 is 2.00 bits per heavy atom. The van der Waals surface area contributed by atoms with Gasteiger partial charge in [0.05, 0.1) is 5.56 Å². The first-order valence-corrected chi connectivity index (χ1v) is 5.46. The highest BCUT2D eigenvalue weighted by Crippen LogP contribution is 2.35. The third kappa shape index (κ3) is 2.52. The van der Waals surface area contributed by atoms with Crippen LogP contribution in [0.3, 0.4) is 0 Å². The van der Waals surface area contributed by atoms with E-state index >= 15 is 0 Å². The summed E-state index contributed by atoms with van der Waals surface area (Å²) in [6.45, 7) is 1.63. The van der Waals surface area contributed by atoms with Gasteiger partial charge in [0.15, 0.2) is 5.89 Å². The van der Waals surface area contributed by atoms with Gasteiger partial charge in [-0.2, -0.15) is 13.2 Å². The molecule has 0 saturated carbocycles. The minimum atomic E-state index is -4.37. The van der Waals surface area contributed by atoms with Crippen LogP contribution in [0.1, 0.15) is 11.5 Å². The van der Waals surface area contributed by atoms with Gasteiger partial charge in [-0.1, -0.05) is 15.9 Å². The zero-order valence-corrected chi connectivity index (χ0v) is 10.3. The van der Waals surface area contributed by atoms with Gasteiger partial charge < -0.3 is 4.42 Å². The lowest BCUT2D eigenvalue weighted by Crippen LogP contribution is -2.04. The van der Waals surface area contributed by atoms with Gasteiger partial charge in [-0.25, -0.2) is 4.98 Å². The Bertz CT molecular complexity index is 548. The Balaban J connectivity index is 2.54. The second-order valence-corrected chi connectivity index (χ2v) is 4.30. The van der Waals surface area contributed by atoms with Crippen molar-refractivity contribution in [1.29, 1.82) is 0 Å². The Morgan fingerprint density at radius 1 is 1.29 bits per heavy atom. The quantitative estimate of drug-likeness (QED) is 0.779. The predicted molar refractivity (Wildman–Crippen MR) is 59.4 cm³/mol. The largest absolute Gasteiger partial charge is 0.449 e. The van der Waals surface area contributed by atoms with E-state index in [4.69, 9.17) is 4.42 Å². The van der Waals surface area contributed by atoms with Crippen LogP contribution >= 0.6 is 15.9 Å². The van der Waals surface area contributed by atoms with Crippen LogP contribution in [-0.2, 0) is 6.18 Å². The number of hydrogen-bond acceptors (Lipinski definition) is 2. The fraction of sp³-hybridized carbons (Fsp3) is 0.182.